The molecule has 1 aliphatic heterocycles. The van der Waals surface area contributed by atoms with E-state index in [-0.39, 0.29) is 11.9 Å². The average Bonchev–Trinajstić information content (AvgIpc) is 3.10. The fraction of sp³-hybridized carbons (Fsp3) is 0.375. The van der Waals surface area contributed by atoms with E-state index < -0.39 is 0 Å². The van der Waals surface area contributed by atoms with Gasteiger partial charge in [-0.05, 0) is 18.2 Å². The van der Waals surface area contributed by atoms with Crippen LogP contribution in [0.2, 0.25) is 0 Å². The predicted octanol–water partition coefficient (Wildman–Crippen LogP) is 1.75. The van der Waals surface area contributed by atoms with Gasteiger partial charge in [-0.2, -0.15) is 0 Å². The van der Waals surface area contributed by atoms with Crippen LogP contribution in [0.25, 0.3) is 11.3 Å². The molecule has 0 aliphatic carbocycles. The van der Waals surface area contributed by atoms with Gasteiger partial charge in [0.1, 0.15) is 6.04 Å². The highest BCUT2D eigenvalue weighted by atomic mass is 32.1. The normalized spacial score (nSPS) is 17.3. The van der Waals surface area contributed by atoms with Crippen molar-refractivity contribution in [2.45, 2.75) is 6.04 Å². The number of nitrogens with zero attached hydrogens (tertiary/aromatic N) is 1. The van der Waals surface area contributed by atoms with Gasteiger partial charge in [-0.25, -0.2) is 4.98 Å². The number of anilines is 1. The number of morpholine rings is 1. The van der Waals surface area contributed by atoms with E-state index in [0.29, 0.717) is 36.4 Å². The number of aromatic nitrogens is 1. The highest BCUT2D eigenvalue weighted by Crippen LogP contribution is 2.33. The van der Waals surface area contributed by atoms with Crippen LogP contribution in [0.15, 0.2) is 23.6 Å². The van der Waals surface area contributed by atoms with Crippen molar-refractivity contribution >= 4 is 22.4 Å². The van der Waals surface area contributed by atoms with Crippen molar-refractivity contribution < 1.29 is 19.0 Å². The molecule has 1 aliphatic rings. The van der Waals surface area contributed by atoms with Crippen LogP contribution in [-0.2, 0) is 9.53 Å². The number of hydrogen-bond donors (Lipinski definition) is 2. The van der Waals surface area contributed by atoms with Crippen molar-refractivity contribution in [3.8, 4) is 22.8 Å². The summed E-state index contributed by atoms with van der Waals surface area (Å²) in [4.78, 5) is 16.6. The number of carbonyl (C=O) groups is 1. The Bertz CT molecular complexity index is 713. The summed E-state index contributed by atoms with van der Waals surface area (Å²) >= 11 is 1.38. The van der Waals surface area contributed by atoms with Crippen LogP contribution in [0.3, 0.4) is 0 Å². The smallest absolute Gasteiger partial charge is 0.245 e. The lowest BCUT2D eigenvalue weighted by Gasteiger charge is -2.22. The molecule has 3 rings (SSSR count). The number of methoxy groups -OCH3 is 2. The fourth-order valence-corrected chi connectivity index (χ4v) is 3.11. The third-order valence-electron chi connectivity index (χ3n) is 3.65. The maximum absolute atomic E-state index is 12.2. The van der Waals surface area contributed by atoms with E-state index in [0.717, 1.165) is 11.3 Å². The largest absolute Gasteiger partial charge is 0.493 e. The van der Waals surface area contributed by atoms with Gasteiger partial charge < -0.3 is 24.8 Å². The Labute approximate surface area is 143 Å². The van der Waals surface area contributed by atoms with Crippen molar-refractivity contribution in [3.63, 3.8) is 0 Å². The number of benzene rings is 1. The van der Waals surface area contributed by atoms with Gasteiger partial charge in [0.2, 0.25) is 5.91 Å². The van der Waals surface area contributed by atoms with Gasteiger partial charge in [-0.1, -0.05) is 0 Å². The van der Waals surface area contributed by atoms with E-state index in [4.69, 9.17) is 14.2 Å². The lowest BCUT2D eigenvalue weighted by atomic mass is 10.1. The first-order valence-corrected chi connectivity index (χ1v) is 8.39. The standard InChI is InChI=1S/C16H19N3O4S/c1-21-13-4-3-10(7-14(13)22-2)12-9-24-16(18-12)19-15(20)11-8-23-6-5-17-11/h3-4,7,9,11,17H,5-6,8H2,1-2H3,(H,18,19,20). The van der Waals surface area contributed by atoms with Crippen LogP contribution in [0.5, 0.6) is 11.5 Å². The molecule has 8 heteroatoms. The minimum Gasteiger partial charge on any atom is -0.493 e. The summed E-state index contributed by atoms with van der Waals surface area (Å²) in [7, 11) is 3.19. The first-order chi connectivity index (χ1) is 11.7. The molecule has 1 aromatic heterocycles. The molecule has 1 amide bonds. The lowest BCUT2D eigenvalue weighted by molar-refractivity contribution is -0.120. The van der Waals surface area contributed by atoms with Crippen LogP contribution in [-0.4, -0.2) is 50.9 Å². The Kier molecular flexibility index (Phi) is 5.29. The van der Waals surface area contributed by atoms with E-state index in [9.17, 15) is 4.79 Å². The molecule has 0 spiro atoms. The molecule has 1 unspecified atom stereocenters. The molecule has 0 bridgehead atoms. The third-order valence-corrected chi connectivity index (χ3v) is 4.41. The van der Waals surface area contributed by atoms with E-state index in [1.807, 2.05) is 23.6 Å². The van der Waals surface area contributed by atoms with Crippen molar-refractivity contribution in [1.82, 2.24) is 10.3 Å². The monoisotopic (exact) mass is 349 g/mol. The number of nitrogens with one attached hydrogen (secondary N) is 2. The van der Waals surface area contributed by atoms with Crippen LogP contribution in [0.1, 0.15) is 0 Å². The maximum Gasteiger partial charge on any atom is 0.245 e. The predicted molar refractivity (Wildman–Crippen MR) is 91.9 cm³/mol. The van der Waals surface area contributed by atoms with Crippen LogP contribution >= 0.6 is 11.3 Å². The van der Waals surface area contributed by atoms with Gasteiger partial charge in [0.15, 0.2) is 16.6 Å². The van der Waals surface area contributed by atoms with Crippen molar-refractivity contribution in [2.24, 2.45) is 0 Å². The molecule has 0 radical (unpaired) electrons. The van der Waals surface area contributed by atoms with Crippen molar-refractivity contribution in [3.05, 3.63) is 23.6 Å². The first-order valence-electron chi connectivity index (χ1n) is 7.51. The Morgan fingerprint density at radius 2 is 2.21 bits per heavy atom. The minimum absolute atomic E-state index is 0.136. The maximum atomic E-state index is 12.2. The number of carbonyl (C=O) groups excluding carboxylic acids is 1. The molecule has 1 atom stereocenters. The van der Waals surface area contributed by atoms with Crippen molar-refractivity contribution in [2.75, 3.05) is 39.3 Å². The summed E-state index contributed by atoms with van der Waals surface area (Å²) in [6, 6.07) is 5.25. The molecule has 1 saturated heterocycles. The molecule has 128 valence electrons. The molecule has 24 heavy (non-hydrogen) atoms. The summed E-state index contributed by atoms with van der Waals surface area (Å²) in [5.74, 6) is 1.16. The van der Waals surface area contributed by atoms with Gasteiger partial charge in [-0.3, -0.25) is 4.79 Å². The van der Waals surface area contributed by atoms with Crippen LogP contribution in [0, 0.1) is 0 Å². The Morgan fingerprint density at radius 1 is 1.38 bits per heavy atom. The van der Waals surface area contributed by atoms with Gasteiger partial charge >= 0.3 is 0 Å². The zero-order valence-electron chi connectivity index (χ0n) is 13.5. The van der Waals surface area contributed by atoms with Gasteiger partial charge in [-0.15, -0.1) is 11.3 Å². The second-order valence-corrected chi connectivity index (χ2v) is 6.04. The average molecular weight is 349 g/mol. The molecule has 1 aromatic carbocycles. The lowest BCUT2D eigenvalue weighted by Crippen LogP contribution is -2.48. The molecule has 2 aromatic rings. The fourth-order valence-electron chi connectivity index (χ4n) is 2.39. The molecular weight excluding hydrogens is 330 g/mol. The van der Waals surface area contributed by atoms with E-state index in [1.165, 1.54) is 11.3 Å². The number of thiazole rings is 1. The molecule has 0 saturated carbocycles. The summed E-state index contributed by atoms with van der Waals surface area (Å²) in [5, 5.41) is 8.38. The van der Waals surface area contributed by atoms with E-state index >= 15 is 0 Å². The van der Waals surface area contributed by atoms with Crippen molar-refractivity contribution in [1.29, 1.82) is 0 Å². The number of hydrogen-bond acceptors (Lipinski definition) is 7. The van der Waals surface area contributed by atoms with Gasteiger partial charge in [0, 0.05) is 17.5 Å². The third kappa shape index (κ3) is 3.66. The van der Waals surface area contributed by atoms with E-state index in [2.05, 4.69) is 15.6 Å². The molecular formula is C16H19N3O4S. The second-order valence-electron chi connectivity index (χ2n) is 5.18. The zero-order chi connectivity index (χ0) is 16.9. The molecule has 2 N–H and O–H groups in total. The topological polar surface area (TPSA) is 81.7 Å². The number of rotatable bonds is 5. The Balaban J connectivity index is 1.72. The molecule has 1 fully saturated rings. The summed E-state index contributed by atoms with van der Waals surface area (Å²) in [6.45, 7) is 1.68. The SMILES string of the molecule is COc1ccc(-c2csc(NC(=O)C3COCCN3)n2)cc1OC. The Morgan fingerprint density at radius 3 is 2.92 bits per heavy atom. The summed E-state index contributed by atoms with van der Waals surface area (Å²) in [6.07, 6.45) is 0. The molecule has 7 nitrogen and oxygen atoms in total. The number of amides is 1. The van der Waals surface area contributed by atoms with Crippen LogP contribution in [0.4, 0.5) is 5.13 Å². The first kappa shape index (κ1) is 16.7. The molecule has 2 heterocycles. The van der Waals surface area contributed by atoms with Crippen LogP contribution < -0.4 is 20.1 Å². The Hall–Kier alpha value is -2.16. The highest BCUT2D eigenvalue weighted by molar-refractivity contribution is 7.14. The zero-order valence-corrected chi connectivity index (χ0v) is 14.3. The number of ether oxygens (including phenoxy) is 3. The van der Waals surface area contributed by atoms with E-state index in [1.54, 1.807) is 14.2 Å². The quantitative estimate of drug-likeness (QED) is 0.856. The second kappa shape index (κ2) is 7.61. The summed E-state index contributed by atoms with van der Waals surface area (Å²) < 4.78 is 15.8. The summed E-state index contributed by atoms with van der Waals surface area (Å²) in [5.41, 5.74) is 1.66. The highest BCUT2D eigenvalue weighted by Gasteiger charge is 2.22. The minimum atomic E-state index is -0.341. The van der Waals surface area contributed by atoms with Gasteiger partial charge in [0.25, 0.3) is 0 Å². The van der Waals surface area contributed by atoms with Gasteiger partial charge in [0.05, 0.1) is 33.1 Å².